The predicted molar refractivity (Wildman–Crippen MR) is 127 cm³/mol. The van der Waals surface area contributed by atoms with Crippen LogP contribution in [0.25, 0.3) is 11.2 Å². The van der Waals surface area contributed by atoms with Crippen LogP contribution in [0.1, 0.15) is 41.3 Å². The van der Waals surface area contributed by atoms with Crippen LogP contribution in [0.15, 0.2) is 53.8 Å². The number of imidazole rings is 1. The van der Waals surface area contributed by atoms with Crippen molar-refractivity contribution >= 4 is 28.8 Å². The molecule has 1 aliphatic carbocycles. The lowest BCUT2D eigenvalue weighted by Gasteiger charge is -2.31. The largest absolute Gasteiger partial charge is 0.378 e. The summed E-state index contributed by atoms with van der Waals surface area (Å²) in [6, 6.07) is 12.6. The number of aliphatic imine (C=N–C) groups is 1. The predicted octanol–water partition coefficient (Wildman–Crippen LogP) is 4.09. The molecule has 6 nitrogen and oxygen atoms in total. The van der Waals surface area contributed by atoms with E-state index in [1.807, 2.05) is 12.1 Å². The van der Waals surface area contributed by atoms with E-state index in [4.69, 9.17) is 26.3 Å². The molecule has 6 rings (SSSR count). The Kier molecular flexibility index (Phi) is 5.12. The summed E-state index contributed by atoms with van der Waals surface area (Å²) in [4.78, 5) is 12.0. The second-order valence-corrected chi connectivity index (χ2v) is 9.08. The molecule has 4 heterocycles. The Morgan fingerprint density at radius 2 is 2.03 bits per heavy atom. The number of fused-ring (bicyclic) bond motifs is 3. The molecule has 7 heteroatoms. The maximum atomic E-state index is 6.32. The first-order valence-corrected chi connectivity index (χ1v) is 11.7. The van der Waals surface area contributed by atoms with Gasteiger partial charge in [0.25, 0.3) is 0 Å². The Hall–Kier alpha value is -2.83. The van der Waals surface area contributed by atoms with E-state index >= 15 is 0 Å². The third kappa shape index (κ3) is 3.57. The number of morpholine rings is 1. The summed E-state index contributed by atoms with van der Waals surface area (Å²) in [5.41, 5.74) is 7.14. The van der Waals surface area contributed by atoms with Crippen LogP contribution in [0.5, 0.6) is 0 Å². The monoisotopic (exact) mass is 447 g/mol. The summed E-state index contributed by atoms with van der Waals surface area (Å²) in [7, 11) is 0. The van der Waals surface area contributed by atoms with Crippen LogP contribution in [0, 0.1) is 0 Å². The number of nitrogens with one attached hydrogen (secondary N) is 1. The number of aromatic nitrogens is 2. The molecule has 3 aromatic rings. The summed E-state index contributed by atoms with van der Waals surface area (Å²) in [5.74, 6) is 1.26. The van der Waals surface area contributed by atoms with E-state index in [0.29, 0.717) is 12.5 Å². The van der Waals surface area contributed by atoms with Gasteiger partial charge in [0.05, 0.1) is 31.1 Å². The summed E-state index contributed by atoms with van der Waals surface area (Å²) < 4.78 is 7.74. The zero-order chi connectivity index (χ0) is 21.5. The highest BCUT2D eigenvalue weighted by atomic mass is 35.5. The molecule has 3 aliphatic rings. The SMILES string of the molecule is Clc1cccc(C2CCCc3nc4ccc(C5=CNC(N6CCOCC6)=NC5)cn4c32)c1. The van der Waals surface area contributed by atoms with Crippen LogP contribution < -0.4 is 5.32 Å². The number of ether oxygens (including phenoxy) is 1. The smallest absolute Gasteiger partial charge is 0.198 e. The van der Waals surface area contributed by atoms with Gasteiger partial charge in [0, 0.05) is 36.4 Å². The summed E-state index contributed by atoms with van der Waals surface area (Å²) in [6.45, 7) is 3.95. The minimum Gasteiger partial charge on any atom is -0.378 e. The molecular weight excluding hydrogens is 422 g/mol. The molecule has 1 atom stereocenters. The van der Waals surface area contributed by atoms with E-state index in [-0.39, 0.29) is 0 Å². The minimum atomic E-state index is 0.312. The van der Waals surface area contributed by atoms with Gasteiger partial charge < -0.3 is 19.4 Å². The molecule has 1 N–H and O–H groups in total. The first-order valence-electron chi connectivity index (χ1n) is 11.4. The molecule has 0 spiro atoms. The molecule has 0 radical (unpaired) electrons. The van der Waals surface area contributed by atoms with Gasteiger partial charge in [0.2, 0.25) is 0 Å². The number of halogens is 1. The van der Waals surface area contributed by atoms with E-state index in [2.05, 4.69) is 51.3 Å². The molecule has 1 aromatic carbocycles. The number of hydrogen-bond acceptors (Lipinski definition) is 5. The Morgan fingerprint density at radius 1 is 1.12 bits per heavy atom. The number of hydrogen-bond donors (Lipinski definition) is 1. The fourth-order valence-corrected chi connectivity index (χ4v) is 5.26. The summed E-state index contributed by atoms with van der Waals surface area (Å²) in [6.07, 6.45) is 7.61. The molecule has 1 fully saturated rings. The van der Waals surface area contributed by atoms with Gasteiger partial charge in [-0.15, -0.1) is 0 Å². The molecule has 0 amide bonds. The van der Waals surface area contributed by atoms with Gasteiger partial charge in [-0.3, -0.25) is 0 Å². The Bertz CT molecular complexity index is 1220. The maximum Gasteiger partial charge on any atom is 0.198 e. The van der Waals surface area contributed by atoms with E-state index in [9.17, 15) is 0 Å². The van der Waals surface area contributed by atoms with Crippen molar-refractivity contribution in [3.8, 4) is 0 Å². The fraction of sp³-hybridized carbons (Fsp3) is 0.360. The Morgan fingerprint density at radius 3 is 2.84 bits per heavy atom. The highest BCUT2D eigenvalue weighted by Crippen LogP contribution is 2.38. The number of benzene rings is 1. The lowest BCUT2D eigenvalue weighted by molar-refractivity contribution is 0.0667. The van der Waals surface area contributed by atoms with Crippen LogP contribution in [0.3, 0.4) is 0 Å². The lowest BCUT2D eigenvalue weighted by atomic mass is 9.84. The summed E-state index contributed by atoms with van der Waals surface area (Å²) >= 11 is 6.32. The highest BCUT2D eigenvalue weighted by molar-refractivity contribution is 6.30. The second-order valence-electron chi connectivity index (χ2n) is 8.64. The fourth-order valence-electron chi connectivity index (χ4n) is 5.06. The average Bonchev–Trinajstić information content (AvgIpc) is 3.23. The van der Waals surface area contributed by atoms with Crippen LogP contribution in [-0.4, -0.2) is 53.1 Å². The summed E-state index contributed by atoms with van der Waals surface area (Å²) in [5, 5.41) is 4.19. The van der Waals surface area contributed by atoms with E-state index in [1.54, 1.807) is 0 Å². The van der Waals surface area contributed by atoms with Crippen molar-refractivity contribution in [1.29, 1.82) is 0 Å². The quantitative estimate of drug-likeness (QED) is 0.643. The maximum absolute atomic E-state index is 6.32. The molecule has 0 saturated carbocycles. The number of guanidine groups is 1. The third-order valence-electron chi connectivity index (χ3n) is 6.68. The first-order chi connectivity index (χ1) is 15.8. The van der Waals surface area contributed by atoms with Crippen molar-refractivity contribution in [2.75, 3.05) is 32.8 Å². The second kappa shape index (κ2) is 8.26. The zero-order valence-corrected chi connectivity index (χ0v) is 18.7. The minimum absolute atomic E-state index is 0.312. The van der Waals surface area contributed by atoms with Gasteiger partial charge in [0.15, 0.2) is 5.96 Å². The normalized spacial score (nSPS) is 21.0. The molecule has 1 unspecified atom stereocenters. The number of aryl methyl sites for hydroxylation is 1. The van der Waals surface area contributed by atoms with Crippen molar-refractivity contribution in [3.63, 3.8) is 0 Å². The zero-order valence-electron chi connectivity index (χ0n) is 17.9. The van der Waals surface area contributed by atoms with Crippen molar-refractivity contribution in [1.82, 2.24) is 19.6 Å². The molecule has 2 aromatic heterocycles. The van der Waals surface area contributed by atoms with Crippen molar-refractivity contribution < 1.29 is 4.74 Å². The number of pyridine rings is 1. The van der Waals surface area contributed by atoms with Gasteiger partial charge in [0.1, 0.15) is 5.65 Å². The average molecular weight is 448 g/mol. The van der Waals surface area contributed by atoms with Crippen molar-refractivity contribution in [2.24, 2.45) is 4.99 Å². The molecule has 2 aliphatic heterocycles. The topological polar surface area (TPSA) is 54.2 Å². The molecule has 0 bridgehead atoms. The Balaban J connectivity index is 1.33. The van der Waals surface area contributed by atoms with Gasteiger partial charge in [-0.05, 0) is 60.2 Å². The molecule has 1 saturated heterocycles. The van der Waals surface area contributed by atoms with E-state index < -0.39 is 0 Å². The van der Waals surface area contributed by atoms with E-state index in [0.717, 1.165) is 62.2 Å². The molecule has 164 valence electrons. The Labute approximate surface area is 192 Å². The van der Waals surface area contributed by atoms with Gasteiger partial charge in [-0.25, -0.2) is 9.98 Å². The van der Waals surface area contributed by atoms with Gasteiger partial charge in [-0.1, -0.05) is 23.7 Å². The van der Waals surface area contributed by atoms with Crippen LogP contribution in [0.2, 0.25) is 5.02 Å². The lowest BCUT2D eigenvalue weighted by Crippen LogP contribution is -2.46. The number of nitrogens with zero attached hydrogens (tertiary/aromatic N) is 4. The van der Waals surface area contributed by atoms with Gasteiger partial charge in [-0.2, -0.15) is 0 Å². The van der Waals surface area contributed by atoms with Crippen molar-refractivity contribution in [2.45, 2.75) is 25.2 Å². The van der Waals surface area contributed by atoms with Gasteiger partial charge >= 0.3 is 0 Å². The standard InChI is InChI=1S/C25H26ClN5O/c26-20-4-1-3-17(13-20)21-5-2-6-22-24(21)31-16-18(7-8-23(31)29-22)19-14-27-25(28-15-19)30-9-11-32-12-10-30/h1,3-4,7-8,13-14,16,21H,2,5-6,9-12,15H2,(H,27,28). The van der Waals surface area contributed by atoms with Crippen molar-refractivity contribution in [3.05, 3.63) is 76.3 Å². The van der Waals surface area contributed by atoms with Crippen LogP contribution in [-0.2, 0) is 11.2 Å². The first kappa shape index (κ1) is 19.8. The highest BCUT2D eigenvalue weighted by Gasteiger charge is 2.27. The molecule has 32 heavy (non-hydrogen) atoms. The third-order valence-corrected chi connectivity index (χ3v) is 6.91. The van der Waals surface area contributed by atoms with E-state index in [1.165, 1.54) is 28.1 Å². The number of rotatable bonds is 2. The molecular formula is C25H26ClN5O. The van der Waals surface area contributed by atoms with Crippen LogP contribution in [0.4, 0.5) is 0 Å². The van der Waals surface area contributed by atoms with Crippen LogP contribution >= 0.6 is 11.6 Å².